The van der Waals surface area contributed by atoms with Crippen molar-refractivity contribution in [3.8, 4) is 0 Å². The van der Waals surface area contributed by atoms with Crippen molar-refractivity contribution in [1.29, 1.82) is 0 Å². The maximum Gasteiger partial charge on any atom is 0.0910 e. The average molecular weight is 284 g/mol. The topological polar surface area (TPSA) is 40.5 Å². The highest BCUT2D eigenvalue weighted by Gasteiger charge is 2.35. The van der Waals surface area contributed by atoms with Crippen LogP contribution in [0, 0.1) is 5.41 Å². The molecule has 0 aliphatic heterocycles. The van der Waals surface area contributed by atoms with Crippen molar-refractivity contribution in [2.75, 3.05) is 5.88 Å². The predicted octanol–water partition coefficient (Wildman–Crippen LogP) is 2.07. The molecule has 0 fully saturated rings. The van der Waals surface area contributed by atoms with Crippen molar-refractivity contribution >= 4 is 27.5 Å². The van der Waals surface area contributed by atoms with Crippen molar-refractivity contribution in [2.45, 2.75) is 37.3 Å². The van der Waals surface area contributed by atoms with E-state index in [4.69, 9.17) is 11.6 Å². The standard InChI is InChI=1S/C10H16BrClO2/c1-10(2)4-6(8(14)5-12)7(13)3-9(10)11/h4,7-9,13-14H,3,5H2,1-2H3/t7-,8-,9-/m1/s1. The number of rotatable bonds is 2. The molecule has 0 aromatic heterocycles. The lowest BCUT2D eigenvalue weighted by atomic mass is 9.77. The molecule has 0 radical (unpaired) electrons. The largest absolute Gasteiger partial charge is 0.389 e. The summed E-state index contributed by atoms with van der Waals surface area (Å²) < 4.78 is 0. The van der Waals surface area contributed by atoms with Crippen LogP contribution in [0.5, 0.6) is 0 Å². The maximum absolute atomic E-state index is 9.76. The molecule has 4 heteroatoms. The Balaban J connectivity index is 2.93. The zero-order valence-corrected chi connectivity index (χ0v) is 10.7. The molecule has 0 unspecified atom stereocenters. The third-order valence-corrected chi connectivity index (χ3v) is 4.54. The third-order valence-electron chi connectivity index (χ3n) is 2.69. The molecule has 82 valence electrons. The summed E-state index contributed by atoms with van der Waals surface area (Å²) >= 11 is 9.10. The van der Waals surface area contributed by atoms with E-state index in [9.17, 15) is 10.2 Å². The Morgan fingerprint density at radius 1 is 1.71 bits per heavy atom. The second-order valence-corrected chi connectivity index (χ2v) is 5.77. The molecule has 0 aromatic carbocycles. The molecular formula is C10H16BrClO2. The Labute approximate surface area is 98.1 Å². The van der Waals surface area contributed by atoms with Crippen LogP contribution in [0.4, 0.5) is 0 Å². The normalized spacial score (nSPS) is 33.7. The van der Waals surface area contributed by atoms with Gasteiger partial charge in [0, 0.05) is 4.83 Å². The summed E-state index contributed by atoms with van der Waals surface area (Å²) in [6.07, 6.45) is 1.23. The zero-order chi connectivity index (χ0) is 10.9. The van der Waals surface area contributed by atoms with E-state index >= 15 is 0 Å². The zero-order valence-electron chi connectivity index (χ0n) is 8.37. The van der Waals surface area contributed by atoms with Crippen LogP contribution in [0.2, 0.25) is 0 Å². The van der Waals surface area contributed by atoms with Crippen LogP contribution in [-0.4, -0.2) is 33.1 Å². The highest BCUT2D eigenvalue weighted by atomic mass is 79.9. The Morgan fingerprint density at radius 2 is 2.29 bits per heavy atom. The fourth-order valence-corrected chi connectivity index (χ4v) is 2.32. The van der Waals surface area contributed by atoms with Crippen LogP contribution >= 0.6 is 27.5 Å². The van der Waals surface area contributed by atoms with Gasteiger partial charge in [0.1, 0.15) is 0 Å². The van der Waals surface area contributed by atoms with E-state index in [2.05, 4.69) is 29.8 Å². The third kappa shape index (κ3) is 2.51. The van der Waals surface area contributed by atoms with Crippen molar-refractivity contribution in [3.05, 3.63) is 11.6 Å². The van der Waals surface area contributed by atoms with Crippen LogP contribution < -0.4 is 0 Å². The first-order valence-corrected chi connectivity index (χ1v) is 6.12. The molecule has 1 aliphatic rings. The first-order valence-electron chi connectivity index (χ1n) is 4.67. The fourth-order valence-electron chi connectivity index (χ4n) is 1.66. The summed E-state index contributed by atoms with van der Waals surface area (Å²) in [5.41, 5.74) is 0.599. The second-order valence-electron chi connectivity index (χ2n) is 4.35. The summed E-state index contributed by atoms with van der Waals surface area (Å²) in [7, 11) is 0. The molecule has 2 N–H and O–H groups in total. The van der Waals surface area contributed by atoms with Gasteiger partial charge in [0.2, 0.25) is 0 Å². The number of hydrogen-bond donors (Lipinski definition) is 2. The van der Waals surface area contributed by atoms with Gasteiger partial charge < -0.3 is 10.2 Å². The van der Waals surface area contributed by atoms with E-state index in [0.29, 0.717) is 12.0 Å². The van der Waals surface area contributed by atoms with E-state index in [1.807, 2.05) is 6.08 Å². The highest BCUT2D eigenvalue weighted by molar-refractivity contribution is 9.09. The quantitative estimate of drug-likeness (QED) is 0.602. The Kier molecular flexibility index (Phi) is 4.03. The van der Waals surface area contributed by atoms with E-state index in [0.717, 1.165) is 0 Å². The monoisotopic (exact) mass is 282 g/mol. The van der Waals surface area contributed by atoms with Gasteiger partial charge in [-0.05, 0) is 17.4 Å². The SMILES string of the molecule is CC1(C)C=C([C@H](O)CCl)[C@H](O)C[C@H]1Br. The molecule has 2 nitrogen and oxygen atoms in total. The van der Waals surface area contributed by atoms with Crippen LogP contribution in [0.15, 0.2) is 11.6 Å². The van der Waals surface area contributed by atoms with Crippen molar-refractivity contribution in [3.63, 3.8) is 0 Å². The Hall–Kier alpha value is 0.430. The molecule has 0 spiro atoms. The molecule has 0 aromatic rings. The van der Waals surface area contributed by atoms with E-state index < -0.39 is 12.2 Å². The van der Waals surface area contributed by atoms with Crippen molar-refractivity contribution < 1.29 is 10.2 Å². The molecule has 0 saturated carbocycles. The minimum Gasteiger partial charge on any atom is -0.389 e. The molecule has 0 heterocycles. The molecular weight excluding hydrogens is 267 g/mol. The van der Waals surface area contributed by atoms with Crippen LogP contribution in [0.25, 0.3) is 0 Å². The van der Waals surface area contributed by atoms with Gasteiger partial charge >= 0.3 is 0 Å². The minimum atomic E-state index is -0.731. The summed E-state index contributed by atoms with van der Waals surface area (Å²) in [4.78, 5) is 0.233. The van der Waals surface area contributed by atoms with Crippen LogP contribution in [0.1, 0.15) is 20.3 Å². The fraction of sp³-hybridized carbons (Fsp3) is 0.800. The summed E-state index contributed by atoms with van der Waals surface area (Å²) in [6, 6.07) is 0. The molecule has 14 heavy (non-hydrogen) atoms. The Bertz CT molecular complexity index is 240. The van der Waals surface area contributed by atoms with E-state index in [1.165, 1.54) is 0 Å². The number of aliphatic hydroxyl groups excluding tert-OH is 2. The number of alkyl halides is 2. The van der Waals surface area contributed by atoms with Gasteiger partial charge in [-0.25, -0.2) is 0 Å². The number of halogens is 2. The lowest BCUT2D eigenvalue weighted by Crippen LogP contribution is -2.37. The molecule has 0 bridgehead atoms. The van der Waals surface area contributed by atoms with E-state index in [1.54, 1.807) is 0 Å². The molecule has 0 amide bonds. The molecule has 1 aliphatic carbocycles. The smallest absolute Gasteiger partial charge is 0.0910 e. The van der Waals surface area contributed by atoms with Crippen LogP contribution in [-0.2, 0) is 0 Å². The van der Waals surface area contributed by atoms with Crippen LogP contribution in [0.3, 0.4) is 0 Å². The number of aliphatic hydroxyl groups is 2. The van der Waals surface area contributed by atoms with E-state index in [-0.39, 0.29) is 16.1 Å². The average Bonchev–Trinajstić information content (AvgIpc) is 2.10. The van der Waals surface area contributed by atoms with Gasteiger partial charge in [-0.2, -0.15) is 0 Å². The molecule has 1 rings (SSSR count). The molecule has 3 atom stereocenters. The minimum absolute atomic E-state index is 0.0540. The van der Waals surface area contributed by atoms with Gasteiger partial charge in [0.05, 0.1) is 18.1 Å². The first-order chi connectivity index (χ1) is 6.38. The maximum atomic E-state index is 9.76. The highest BCUT2D eigenvalue weighted by Crippen LogP contribution is 2.39. The number of allylic oxidation sites excluding steroid dienone is 1. The van der Waals surface area contributed by atoms with Gasteiger partial charge in [-0.15, -0.1) is 11.6 Å². The first kappa shape index (κ1) is 12.5. The van der Waals surface area contributed by atoms with Gasteiger partial charge in [-0.1, -0.05) is 35.9 Å². The van der Waals surface area contributed by atoms with Gasteiger partial charge in [0.15, 0.2) is 0 Å². The predicted molar refractivity (Wildman–Crippen MR) is 61.9 cm³/mol. The van der Waals surface area contributed by atoms with Crippen molar-refractivity contribution in [2.24, 2.45) is 5.41 Å². The summed E-state index contributed by atoms with van der Waals surface area (Å²) in [5.74, 6) is 0.131. The van der Waals surface area contributed by atoms with Gasteiger partial charge in [0.25, 0.3) is 0 Å². The van der Waals surface area contributed by atoms with Gasteiger partial charge in [-0.3, -0.25) is 0 Å². The number of hydrogen-bond acceptors (Lipinski definition) is 2. The summed E-state index contributed by atoms with van der Waals surface area (Å²) in [6.45, 7) is 4.14. The second kappa shape index (κ2) is 4.52. The Morgan fingerprint density at radius 3 is 2.79 bits per heavy atom. The lowest BCUT2D eigenvalue weighted by molar-refractivity contribution is 0.127. The summed E-state index contributed by atoms with van der Waals surface area (Å²) in [5, 5.41) is 19.4. The lowest BCUT2D eigenvalue weighted by Gasteiger charge is -2.37. The molecule has 0 saturated heterocycles. The van der Waals surface area contributed by atoms with Crippen molar-refractivity contribution in [1.82, 2.24) is 0 Å².